The lowest BCUT2D eigenvalue weighted by Crippen LogP contribution is -2.51. The van der Waals surface area contributed by atoms with Gasteiger partial charge in [-0.25, -0.2) is 0 Å². The third kappa shape index (κ3) is 4.15. The second-order valence-electron chi connectivity index (χ2n) is 6.09. The number of likely N-dealkylation sites (N-methyl/N-ethyl adjacent to an activating group) is 1. The van der Waals surface area contributed by atoms with Crippen LogP contribution in [-0.4, -0.2) is 63.5 Å². The Morgan fingerprint density at radius 2 is 2.26 bits per heavy atom. The van der Waals surface area contributed by atoms with Crippen LogP contribution in [0.15, 0.2) is 0 Å². The van der Waals surface area contributed by atoms with Gasteiger partial charge in [-0.1, -0.05) is 13.8 Å². The molecule has 4 atom stereocenters. The Balaban J connectivity index is 1.85. The molecule has 0 amide bonds. The summed E-state index contributed by atoms with van der Waals surface area (Å²) in [7, 11) is 1.84. The first-order valence-corrected chi connectivity index (χ1v) is 7.80. The van der Waals surface area contributed by atoms with E-state index in [1.54, 1.807) is 0 Å². The van der Waals surface area contributed by atoms with Gasteiger partial charge in [0.25, 0.3) is 0 Å². The lowest BCUT2D eigenvalue weighted by atomic mass is 9.93. The Morgan fingerprint density at radius 1 is 1.42 bits per heavy atom. The van der Waals surface area contributed by atoms with Gasteiger partial charge in [-0.3, -0.25) is 4.90 Å². The number of methoxy groups -OCH3 is 1. The van der Waals surface area contributed by atoms with E-state index < -0.39 is 0 Å². The molecule has 2 rings (SSSR count). The van der Waals surface area contributed by atoms with Crippen LogP contribution in [0.2, 0.25) is 0 Å². The smallest absolute Gasteiger partial charge is 0.0724 e. The fourth-order valence-electron chi connectivity index (χ4n) is 3.36. The molecule has 0 radical (unpaired) electrons. The number of rotatable bonds is 6. The van der Waals surface area contributed by atoms with Crippen molar-refractivity contribution in [3.63, 3.8) is 0 Å². The van der Waals surface area contributed by atoms with Gasteiger partial charge in [0.15, 0.2) is 0 Å². The maximum absolute atomic E-state index is 5.61. The van der Waals surface area contributed by atoms with Crippen LogP contribution in [0, 0.1) is 11.8 Å². The highest BCUT2D eigenvalue weighted by molar-refractivity contribution is 4.86. The van der Waals surface area contributed by atoms with Crippen LogP contribution >= 0.6 is 0 Å². The second-order valence-corrected chi connectivity index (χ2v) is 6.09. The molecule has 0 aromatic rings. The zero-order valence-corrected chi connectivity index (χ0v) is 12.7. The van der Waals surface area contributed by atoms with Gasteiger partial charge >= 0.3 is 0 Å². The van der Waals surface area contributed by atoms with Gasteiger partial charge < -0.3 is 14.8 Å². The van der Waals surface area contributed by atoms with E-state index in [9.17, 15) is 0 Å². The van der Waals surface area contributed by atoms with Crippen molar-refractivity contribution in [2.75, 3.05) is 46.5 Å². The largest absolute Gasteiger partial charge is 0.381 e. The first-order valence-electron chi connectivity index (χ1n) is 7.80. The highest BCUT2D eigenvalue weighted by Crippen LogP contribution is 2.22. The van der Waals surface area contributed by atoms with Crippen molar-refractivity contribution in [1.82, 2.24) is 10.2 Å². The Labute approximate surface area is 117 Å². The van der Waals surface area contributed by atoms with Crippen LogP contribution in [0.1, 0.15) is 26.7 Å². The third-order valence-electron chi connectivity index (χ3n) is 4.73. The van der Waals surface area contributed by atoms with E-state index in [1.165, 1.54) is 19.4 Å². The Bertz CT molecular complexity index is 257. The van der Waals surface area contributed by atoms with Gasteiger partial charge in [0, 0.05) is 38.8 Å². The molecule has 0 saturated carbocycles. The zero-order valence-electron chi connectivity index (χ0n) is 12.7. The van der Waals surface area contributed by atoms with Gasteiger partial charge in [-0.2, -0.15) is 0 Å². The maximum Gasteiger partial charge on any atom is 0.0724 e. The molecular formula is C15H30N2O2. The van der Waals surface area contributed by atoms with Gasteiger partial charge in [-0.15, -0.1) is 0 Å². The summed E-state index contributed by atoms with van der Waals surface area (Å²) in [6.45, 7) is 10.8. The minimum absolute atomic E-state index is 0.399. The molecule has 4 unspecified atom stereocenters. The van der Waals surface area contributed by atoms with Crippen molar-refractivity contribution < 1.29 is 9.47 Å². The molecule has 2 aliphatic rings. The molecule has 2 heterocycles. The van der Waals surface area contributed by atoms with Gasteiger partial charge in [0.1, 0.15) is 0 Å². The molecule has 0 bridgehead atoms. The molecule has 4 heteroatoms. The van der Waals surface area contributed by atoms with Crippen molar-refractivity contribution in [2.24, 2.45) is 11.8 Å². The summed E-state index contributed by atoms with van der Waals surface area (Å²) in [5.74, 6) is 1.37. The average Bonchev–Trinajstić information content (AvgIpc) is 2.94. The first kappa shape index (κ1) is 15.2. The van der Waals surface area contributed by atoms with Crippen LogP contribution in [0.25, 0.3) is 0 Å². The number of hydrogen-bond donors (Lipinski definition) is 1. The lowest BCUT2D eigenvalue weighted by molar-refractivity contribution is -0.00946. The number of nitrogens with zero attached hydrogens (tertiary/aromatic N) is 1. The second kappa shape index (κ2) is 7.58. The Kier molecular flexibility index (Phi) is 6.07. The van der Waals surface area contributed by atoms with Crippen molar-refractivity contribution in [3.05, 3.63) is 0 Å². The van der Waals surface area contributed by atoms with Crippen molar-refractivity contribution in [1.29, 1.82) is 0 Å². The van der Waals surface area contributed by atoms with E-state index in [0.717, 1.165) is 32.8 Å². The predicted molar refractivity (Wildman–Crippen MR) is 77.4 cm³/mol. The summed E-state index contributed by atoms with van der Waals surface area (Å²) < 4.78 is 11.2. The fraction of sp³-hybridized carbons (Fsp3) is 1.00. The molecule has 0 aromatic heterocycles. The molecule has 0 aromatic carbocycles. The zero-order chi connectivity index (χ0) is 13.7. The van der Waals surface area contributed by atoms with E-state index >= 15 is 0 Å². The molecule has 0 spiro atoms. The summed E-state index contributed by atoms with van der Waals surface area (Å²) in [5.41, 5.74) is 0. The Morgan fingerprint density at radius 3 is 2.89 bits per heavy atom. The third-order valence-corrected chi connectivity index (χ3v) is 4.73. The maximum atomic E-state index is 5.61. The molecular weight excluding hydrogens is 240 g/mol. The number of likely N-dealkylation sites (tertiary alicyclic amines) is 1. The molecule has 2 saturated heterocycles. The summed E-state index contributed by atoms with van der Waals surface area (Å²) in [6.07, 6.45) is 2.85. The van der Waals surface area contributed by atoms with Crippen LogP contribution in [0.3, 0.4) is 0 Å². The van der Waals surface area contributed by atoms with Crippen LogP contribution < -0.4 is 5.32 Å². The standard InChI is InChI=1S/C15H30N2O2/c1-4-16-14(13-6-8-19-11-13)9-17-7-5-12(2)15(10-17)18-3/h12-16H,4-11H2,1-3H3. The fourth-order valence-corrected chi connectivity index (χ4v) is 3.36. The average molecular weight is 270 g/mol. The van der Waals surface area contributed by atoms with E-state index in [2.05, 4.69) is 24.1 Å². The Hall–Kier alpha value is -0.160. The summed E-state index contributed by atoms with van der Waals surface area (Å²) in [6, 6.07) is 0.568. The number of nitrogens with one attached hydrogen (secondary N) is 1. The summed E-state index contributed by atoms with van der Waals surface area (Å²) in [4.78, 5) is 2.57. The number of piperidine rings is 1. The SMILES string of the molecule is CCNC(CN1CCC(C)C(OC)C1)C1CCOC1. The molecule has 4 nitrogen and oxygen atoms in total. The van der Waals surface area contributed by atoms with E-state index in [-0.39, 0.29) is 0 Å². The van der Waals surface area contributed by atoms with Crippen molar-refractivity contribution >= 4 is 0 Å². The van der Waals surface area contributed by atoms with Gasteiger partial charge in [-0.05, 0) is 31.8 Å². The quantitative estimate of drug-likeness (QED) is 0.790. The van der Waals surface area contributed by atoms with Crippen LogP contribution in [-0.2, 0) is 9.47 Å². The number of hydrogen-bond acceptors (Lipinski definition) is 4. The summed E-state index contributed by atoms with van der Waals surface area (Å²) >= 11 is 0. The summed E-state index contributed by atoms with van der Waals surface area (Å²) in [5, 5.41) is 3.65. The molecule has 1 N–H and O–H groups in total. The minimum atomic E-state index is 0.399. The first-order chi connectivity index (χ1) is 9.24. The monoisotopic (exact) mass is 270 g/mol. The molecule has 19 heavy (non-hydrogen) atoms. The minimum Gasteiger partial charge on any atom is -0.381 e. The highest BCUT2D eigenvalue weighted by atomic mass is 16.5. The van der Waals surface area contributed by atoms with Crippen LogP contribution in [0.4, 0.5) is 0 Å². The normalized spacial score (nSPS) is 34.6. The van der Waals surface area contributed by atoms with Gasteiger partial charge in [0.05, 0.1) is 12.7 Å². The molecule has 0 aliphatic carbocycles. The van der Waals surface area contributed by atoms with E-state index in [0.29, 0.717) is 24.0 Å². The van der Waals surface area contributed by atoms with Crippen molar-refractivity contribution in [3.8, 4) is 0 Å². The lowest BCUT2D eigenvalue weighted by Gasteiger charge is -2.39. The van der Waals surface area contributed by atoms with Crippen molar-refractivity contribution in [2.45, 2.75) is 38.8 Å². The molecule has 2 aliphatic heterocycles. The van der Waals surface area contributed by atoms with Gasteiger partial charge in [0.2, 0.25) is 0 Å². The molecule has 2 fully saturated rings. The van der Waals surface area contributed by atoms with Crippen LogP contribution in [0.5, 0.6) is 0 Å². The molecule has 112 valence electrons. The topological polar surface area (TPSA) is 33.7 Å². The number of ether oxygens (including phenoxy) is 2. The van der Waals surface area contributed by atoms with E-state index in [4.69, 9.17) is 9.47 Å². The van der Waals surface area contributed by atoms with E-state index in [1.807, 2.05) is 7.11 Å². The highest BCUT2D eigenvalue weighted by Gasteiger charge is 2.31. The predicted octanol–water partition coefficient (Wildman–Crippen LogP) is 1.36.